The predicted molar refractivity (Wildman–Crippen MR) is 95.9 cm³/mol. The van der Waals surface area contributed by atoms with Crippen molar-refractivity contribution in [2.75, 3.05) is 7.11 Å². The Labute approximate surface area is 146 Å². The van der Waals surface area contributed by atoms with Gasteiger partial charge in [0.25, 0.3) is 0 Å². The SMILES string of the molecule is CCC(NC(=O)C1CC(c2cccs2)NN1)c1ccc(OC)cc1. The summed E-state index contributed by atoms with van der Waals surface area (Å²) in [7, 11) is 1.65. The van der Waals surface area contributed by atoms with E-state index in [0.29, 0.717) is 0 Å². The lowest BCUT2D eigenvalue weighted by atomic mass is 10.0. The van der Waals surface area contributed by atoms with Crippen LogP contribution >= 0.6 is 11.3 Å². The maximum atomic E-state index is 12.6. The fraction of sp³-hybridized carbons (Fsp3) is 0.389. The molecular weight excluding hydrogens is 322 g/mol. The van der Waals surface area contributed by atoms with Gasteiger partial charge in [-0.15, -0.1) is 11.3 Å². The third-order valence-electron chi connectivity index (χ3n) is 4.35. The van der Waals surface area contributed by atoms with Gasteiger partial charge in [0.2, 0.25) is 5.91 Å². The van der Waals surface area contributed by atoms with Crippen LogP contribution in [0.1, 0.15) is 42.3 Å². The minimum absolute atomic E-state index is 0.00555. The highest BCUT2D eigenvalue weighted by molar-refractivity contribution is 7.10. The Hall–Kier alpha value is -1.89. The number of benzene rings is 1. The summed E-state index contributed by atoms with van der Waals surface area (Å²) in [6.45, 7) is 2.07. The lowest BCUT2D eigenvalue weighted by Gasteiger charge is -2.20. The van der Waals surface area contributed by atoms with E-state index in [4.69, 9.17) is 4.74 Å². The monoisotopic (exact) mass is 345 g/mol. The van der Waals surface area contributed by atoms with Crippen molar-refractivity contribution in [2.45, 2.75) is 37.9 Å². The summed E-state index contributed by atoms with van der Waals surface area (Å²) in [5.74, 6) is 0.851. The number of rotatable bonds is 6. The van der Waals surface area contributed by atoms with Crippen LogP contribution in [0.2, 0.25) is 0 Å². The number of thiophene rings is 1. The second-order valence-corrected chi connectivity index (χ2v) is 6.87. The molecule has 3 atom stereocenters. The third kappa shape index (κ3) is 3.77. The largest absolute Gasteiger partial charge is 0.497 e. The van der Waals surface area contributed by atoms with Crippen LogP contribution < -0.4 is 20.9 Å². The van der Waals surface area contributed by atoms with E-state index in [1.807, 2.05) is 30.3 Å². The molecule has 1 aromatic heterocycles. The zero-order valence-corrected chi connectivity index (χ0v) is 14.7. The van der Waals surface area contributed by atoms with Gasteiger partial charge in [0.05, 0.1) is 19.2 Å². The van der Waals surface area contributed by atoms with Gasteiger partial charge in [-0.2, -0.15) is 0 Å². The van der Waals surface area contributed by atoms with E-state index < -0.39 is 0 Å². The summed E-state index contributed by atoms with van der Waals surface area (Å²) in [5, 5.41) is 5.21. The molecule has 1 aliphatic rings. The smallest absolute Gasteiger partial charge is 0.239 e. The van der Waals surface area contributed by atoms with Gasteiger partial charge in [0, 0.05) is 4.88 Å². The summed E-state index contributed by atoms with van der Waals surface area (Å²) in [6, 6.07) is 12.0. The van der Waals surface area contributed by atoms with Crippen molar-refractivity contribution < 1.29 is 9.53 Å². The van der Waals surface area contributed by atoms with E-state index in [9.17, 15) is 4.79 Å². The Morgan fingerprint density at radius 2 is 2.12 bits per heavy atom. The Kier molecular flexibility index (Phi) is 5.50. The standard InChI is InChI=1S/C18H23N3O2S/c1-3-14(12-6-8-13(23-2)9-7-12)19-18(22)16-11-15(20-21-16)17-5-4-10-24-17/h4-10,14-16,20-21H,3,11H2,1-2H3,(H,19,22). The minimum atomic E-state index is -0.218. The molecule has 2 aromatic rings. The van der Waals surface area contributed by atoms with Crippen LogP contribution in [-0.4, -0.2) is 19.1 Å². The number of hydrazine groups is 1. The molecule has 0 aliphatic carbocycles. The third-order valence-corrected chi connectivity index (χ3v) is 5.34. The van der Waals surface area contributed by atoms with Crippen LogP contribution in [-0.2, 0) is 4.79 Å². The number of amides is 1. The van der Waals surface area contributed by atoms with E-state index in [-0.39, 0.29) is 24.0 Å². The number of ether oxygens (including phenoxy) is 1. The molecule has 3 unspecified atom stereocenters. The fourth-order valence-electron chi connectivity index (χ4n) is 2.93. The van der Waals surface area contributed by atoms with Crippen molar-refractivity contribution in [1.82, 2.24) is 16.2 Å². The highest BCUT2D eigenvalue weighted by Gasteiger charge is 2.31. The second-order valence-electron chi connectivity index (χ2n) is 5.89. The van der Waals surface area contributed by atoms with Gasteiger partial charge < -0.3 is 10.1 Å². The van der Waals surface area contributed by atoms with Crippen molar-refractivity contribution in [3.05, 3.63) is 52.2 Å². The quantitative estimate of drug-likeness (QED) is 0.753. The minimum Gasteiger partial charge on any atom is -0.497 e. The van der Waals surface area contributed by atoms with E-state index in [2.05, 4.69) is 34.5 Å². The molecule has 1 amide bonds. The molecule has 0 bridgehead atoms. The van der Waals surface area contributed by atoms with E-state index in [1.165, 1.54) is 4.88 Å². The summed E-state index contributed by atoms with van der Waals surface area (Å²) < 4.78 is 5.19. The van der Waals surface area contributed by atoms with Crippen molar-refractivity contribution in [3.63, 3.8) is 0 Å². The predicted octanol–water partition coefficient (Wildman–Crippen LogP) is 2.93. The van der Waals surface area contributed by atoms with Crippen molar-refractivity contribution in [2.24, 2.45) is 0 Å². The topological polar surface area (TPSA) is 62.4 Å². The molecular formula is C18H23N3O2S. The van der Waals surface area contributed by atoms with Gasteiger partial charge in [0.15, 0.2) is 0 Å². The summed E-state index contributed by atoms with van der Waals surface area (Å²) in [5.41, 5.74) is 7.43. The number of carbonyl (C=O) groups excluding carboxylic acids is 1. The van der Waals surface area contributed by atoms with Gasteiger partial charge in [-0.25, -0.2) is 10.9 Å². The van der Waals surface area contributed by atoms with Gasteiger partial charge in [-0.3, -0.25) is 4.79 Å². The van der Waals surface area contributed by atoms with Crippen molar-refractivity contribution >= 4 is 17.2 Å². The van der Waals surface area contributed by atoms with Crippen LogP contribution in [0.5, 0.6) is 5.75 Å². The van der Waals surface area contributed by atoms with Crippen LogP contribution in [0, 0.1) is 0 Å². The lowest BCUT2D eigenvalue weighted by Crippen LogP contribution is -2.44. The first kappa shape index (κ1) is 17.0. The molecule has 1 fully saturated rings. The first-order chi connectivity index (χ1) is 11.7. The Morgan fingerprint density at radius 3 is 2.75 bits per heavy atom. The molecule has 0 radical (unpaired) electrons. The fourth-order valence-corrected chi connectivity index (χ4v) is 3.72. The molecule has 24 heavy (non-hydrogen) atoms. The number of hydrogen-bond donors (Lipinski definition) is 3. The van der Waals surface area contributed by atoms with Crippen LogP contribution in [0.4, 0.5) is 0 Å². The van der Waals surface area contributed by atoms with Crippen LogP contribution in [0.3, 0.4) is 0 Å². The molecule has 1 aliphatic heterocycles. The van der Waals surface area contributed by atoms with Crippen molar-refractivity contribution in [1.29, 1.82) is 0 Å². The average molecular weight is 345 g/mol. The molecule has 1 saturated heterocycles. The molecule has 6 heteroatoms. The molecule has 1 aromatic carbocycles. The Bertz CT molecular complexity index is 657. The number of hydrogen-bond acceptors (Lipinski definition) is 5. The highest BCUT2D eigenvalue weighted by atomic mass is 32.1. The lowest BCUT2D eigenvalue weighted by molar-refractivity contribution is -0.123. The van der Waals surface area contributed by atoms with Crippen LogP contribution in [0.15, 0.2) is 41.8 Å². The van der Waals surface area contributed by atoms with Gasteiger partial charge >= 0.3 is 0 Å². The number of methoxy groups -OCH3 is 1. The van der Waals surface area contributed by atoms with Crippen LogP contribution in [0.25, 0.3) is 0 Å². The maximum Gasteiger partial charge on any atom is 0.239 e. The zero-order valence-electron chi connectivity index (χ0n) is 13.9. The zero-order chi connectivity index (χ0) is 16.9. The number of carbonyl (C=O) groups is 1. The normalized spacial score (nSPS) is 21.4. The Balaban J connectivity index is 1.60. The molecule has 2 heterocycles. The first-order valence-electron chi connectivity index (χ1n) is 8.20. The highest BCUT2D eigenvalue weighted by Crippen LogP contribution is 2.27. The number of nitrogens with one attached hydrogen (secondary N) is 3. The average Bonchev–Trinajstić information content (AvgIpc) is 3.30. The van der Waals surface area contributed by atoms with E-state index in [1.54, 1.807) is 18.4 Å². The molecule has 3 rings (SSSR count). The summed E-state index contributed by atoms with van der Waals surface area (Å²) in [4.78, 5) is 13.8. The van der Waals surface area contributed by atoms with Gasteiger partial charge in [-0.1, -0.05) is 25.1 Å². The maximum absolute atomic E-state index is 12.6. The first-order valence-corrected chi connectivity index (χ1v) is 9.08. The van der Waals surface area contributed by atoms with E-state index >= 15 is 0 Å². The molecule has 5 nitrogen and oxygen atoms in total. The van der Waals surface area contributed by atoms with E-state index in [0.717, 1.165) is 24.2 Å². The van der Waals surface area contributed by atoms with Crippen molar-refractivity contribution in [3.8, 4) is 5.75 Å². The molecule has 0 saturated carbocycles. The molecule has 3 N–H and O–H groups in total. The molecule has 128 valence electrons. The Morgan fingerprint density at radius 1 is 1.33 bits per heavy atom. The van der Waals surface area contributed by atoms with Gasteiger partial charge in [0.1, 0.15) is 11.8 Å². The molecule has 0 spiro atoms. The second kappa shape index (κ2) is 7.79. The summed E-state index contributed by atoms with van der Waals surface area (Å²) >= 11 is 1.71. The summed E-state index contributed by atoms with van der Waals surface area (Å²) in [6.07, 6.45) is 1.60. The van der Waals surface area contributed by atoms with Gasteiger partial charge in [-0.05, 0) is 42.0 Å².